The fourth-order valence-electron chi connectivity index (χ4n) is 2.78. The first-order chi connectivity index (χ1) is 11.1. The summed E-state index contributed by atoms with van der Waals surface area (Å²) < 4.78 is 2.06. The van der Waals surface area contributed by atoms with E-state index in [0.29, 0.717) is 23.7 Å². The lowest BCUT2D eigenvalue weighted by atomic mass is 10.2. The molecule has 0 saturated heterocycles. The van der Waals surface area contributed by atoms with Crippen LogP contribution in [-0.2, 0) is 6.54 Å². The Bertz CT molecular complexity index is 866. The second kappa shape index (κ2) is 5.13. The Morgan fingerprint density at radius 3 is 2.83 bits per heavy atom. The monoisotopic (exact) mass is 309 g/mol. The van der Waals surface area contributed by atoms with Crippen LogP contribution in [0.1, 0.15) is 30.0 Å². The van der Waals surface area contributed by atoms with Gasteiger partial charge in [-0.1, -0.05) is 6.07 Å². The van der Waals surface area contributed by atoms with Gasteiger partial charge in [0.1, 0.15) is 11.5 Å². The number of imidazole rings is 1. The molecule has 1 aliphatic rings. The Morgan fingerprint density at radius 1 is 1.22 bits per heavy atom. The molecule has 0 aromatic carbocycles. The Labute approximate surface area is 133 Å². The highest BCUT2D eigenvalue weighted by Crippen LogP contribution is 2.39. The maximum Gasteiger partial charge on any atom is 0.137 e. The average Bonchev–Trinajstić information content (AvgIpc) is 3.30. The molecule has 6 N–H and O–H groups in total. The number of nitrogens with two attached hydrogens (primary N) is 3. The minimum Gasteiger partial charge on any atom is -0.396 e. The van der Waals surface area contributed by atoms with Crippen LogP contribution in [0.2, 0.25) is 0 Å². The Morgan fingerprint density at radius 2 is 2.04 bits per heavy atom. The lowest BCUT2D eigenvalue weighted by molar-refractivity contribution is 0.834. The Balaban J connectivity index is 1.60. The molecule has 0 unspecified atom stereocenters. The SMILES string of the molecule is Nc1cc(N(N)Cc2cn3cc(C4CC4)ccc3n2)c(N)cn1. The number of rotatable bonds is 4. The van der Waals surface area contributed by atoms with E-state index in [9.17, 15) is 0 Å². The predicted molar refractivity (Wildman–Crippen MR) is 90.6 cm³/mol. The summed E-state index contributed by atoms with van der Waals surface area (Å²) in [5.41, 5.74) is 15.9. The summed E-state index contributed by atoms with van der Waals surface area (Å²) in [6.45, 7) is 0.439. The van der Waals surface area contributed by atoms with Crippen molar-refractivity contribution < 1.29 is 0 Å². The van der Waals surface area contributed by atoms with Crippen LogP contribution in [0.15, 0.2) is 36.8 Å². The number of hydrazine groups is 1. The molecule has 4 rings (SSSR count). The fourth-order valence-corrected chi connectivity index (χ4v) is 2.78. The third-order valence-electron chi connectivity index (χ3n) is 4.15. The summed E-state index contributed by atoms with van der Waals surface area (Å²) in [6.07, 6.45) is 8.24. The quantitative estimate of drug-likeness (QED) is 0.499. The summed E-state index contributed by atoms with van der Waals surface area (Å²) >= 11 is 0. The lowest BCUT2D eigenvalue weighted by Crippen LogP contribution is -2.31. The average molecular weight is 309 g/mol. The van der Waals surface area contributed by atoms with Gasteiger partial charge in [-0.15, -0.1) is 0 Å². The molecule has 0 atom stereocenters. The van der Waals surface area contributed by atoms with Crippen LogP contribution < -0.4 is 22.3 Å². The van der Waals surface area contributed by atoms with Crippen LogP contribution in [0.4, 0.5) is 17.2 Å². The van der Waals surface area contributed by atoms with E-state index < -0.39 is 0 Å². The van der Waals surface area contributed by atoms with Crippen molar-refractivity contribution in [2.45, 2.75) is 25.3 Å². The summed E-state index contributed by atoms with van der Waals surface area (Å²) in [5.74, 6) is 7.23. The summed E-state index contributed by atoms with van der Waals surface area (Å²) in [7, 11) is 0. The highest BCUT2D eigenvalue weighted by atomic mass is 15.4. The molecule has 1 fully saturated rings. The molecule has 0 spiro atoms. The molecule has 7 nitrogen and oxygen atoms in total. The zero-order valence-electron chi connectivity index (χ0n) is 12.7. The molecule has 3 heterocycles. The first-order valence-electron chi connectivity index (χ1n) is 7.61. The van der Waals surface area contributed by atoms with Crippen molar-refractivity contribution in [1.29, 1.82) is 0 Å². The lowest BCUT2D eigenvalue weighted by Gasteiger charge is -2.19. The van der Waals surface area contributed by atoms with Gasteiger partial charge in [0.05, 0.1) is 29.8 Å². The zero-order chi connectivity index (χ0) is 16.0. The van der Waals surface area contributed by atoms with E-state index in [1.54, 1.807) is 6.07 Å². The molecule has 0 radical (unpaired) electrons. The van der Waals surface area contributed by atoms with Gasteiger partial charge in [0, 0.05) is 18.5 Å². The number of aromatic nitrogens is 3. The van der Waals surface area contributed by atoms with Crippen molar-refractivity contribution in [2.75, 3.05) is 16.5 Å². The molecule has 118 valence electrons. The number of anilines is 3. The van der Waals surface area contributed by atoms with E-state index in [4.69, 9.17) is 17.3 Å². The van der Waals surface area contributed by atoms with Crippen molar-refractivity contribution in [1.82, 2.24) is 14.4 Å². The standard InChI is InChI=1S/C16H19N7/c17-13-6-20-15(18)5-14(13)23(19)9-12-8-22-7-11(10-1-2-10)3-4-16(22)21-12/h3-8,10H,1-2,9,17,19H2,(H2,18,20). The molecule has 3 aromatic heterocycles. The molecule has 0 amide bonds. The normalized spacial score (nSPS) is 14.3. The van der Waals surface area contributed by atoms with E-state index in [-0.39, 0.29) is 0 Å². The third-order valence-corrected chi connectivity index (χ3v) is 4.15. The molecule has 23 heavy (non-hydrogen) atoms. The predicted octanol–water partition coefficient (Wildman–Crippen LogP) is 1.65. The highest BCUT2D eigenvalue weighted by molar-refractivity contribution is 5.68. The molecular weight excluding hydrogens is 290 g/mol. The largest absolute Gasteiger partial charge is 0.396 e. The van der Waals surface area contributed by atoms with Crippen LogP contribution in [0.5, 0.6) is 0 Å². The molecule has 0 bridgehead atoms. The summed E-state index contributed by atoms with van der Waals surface area (Å²) in [4.78, 5) is 8.55. The summed E-state index contributed by atoms with van der Waals surface area (Å²) in [6, 6.07) is 5.87. The minimum atomic E-state index is 0.383. The van der Waals surface area contributed by atoms with Crippen molar-refractivity contribution in [3.63, 3.8) is 0 Å². The van der Waals surface area contributed by atoms with Crippen LogP contribution in [0, 0.1) is 0 Å². The van der Waals surface area contributed by atoms with Gasteiger partial charge in [0.25, 0.3) is 0 Å². The van der Waals surface area contributed by atoms with Crippen molar-refractivity contribution in [2.24, 2.45) is 5.84 Å². The van der Waals surface area contributed by atoms with Gasteiger partial charge in [-0.3, -0.25) is 0 Å². The zero-order valence-corrected chi connectivity index (χ0v) is 12.7. The number of hydrogen-bond donors (Lipinski definition) is 3. The first kappa shape index (κ1) is 13.8. The van der Waals surface area contributed by atoms with Crippen molar-refractivity contribution in [3.8, 4) is 0 Å². The Kier molecular flexibility index (Phi) is 3.09. The van der Waals surface area contributed by atoms with Gasteiger partial charge in [-0.2, -0.15) is 0 Å². The fraction of sp³-hybridized carbons (Fsp3) is 0.250. The third kappa shape index (κ3) is 2.66. The van der Waals surface area contributed by atoms with Crippen LogP contribution in [0.25, 0.3) is 5.65 Å². The number of pyridine rings is 2. The number of nitrogen functional groups attached to an aromatic ring is 2. The van der Waals surface area contributed by atoms with E-state index >= 15 is 0 Å². The number of nitrogens with zero attached hydrogens (tertiary/aromatic N) is 4. The van der Waals surface area contributed by atoms with Gasteiger partial charge in [-0.25, -0.2) is 15.8 Å². The van der Waals surface area contributed by atoms with E-state index in [0.717, 1.165) is 17.3 Å². The second-order valence-corrected chi connectivity index (χ2v) is 6.03. The molecule has 0 aliphatic heterocycles. The maximum absolute atomic E-state index is 6.13. The number of hydrogen-bond acceptors (Lipinski definition) is 6. The second-order valence-electron chi connectivity index (χ2n) is 6.03. The molecular formula is C16H19N7. The first-order valence-corrected chi connectivity index (χ1v) is 7.61. The van der Waals surface area contributed by atoms with E-state index in [1.165, 1.54) is 29.6 Å². The smallest absolute Gasteiger partial charge is 0.137 e. The van der Waals surface area contributed by atoms with Gasteiger partial charge < -0.3 is 20.9 Å². The van der Waals surface area contributed by atoms with Crippen molar-refractivity contribution >= 4 is 22.8 Å². The highest BCUT2D eigenvalue weighted by Gasteiger charge is 2.23. The maximum atomic E-state index is 6.13. The van der Waals surface area contributed by atoms with E-state index in [1.807, 2.05) is 6.20 Å². The van der Waals surface area contributed by atoms with Crippen molar-refractivity contribution in [3.05, 3.63) is 48.0 Å². The van der Waals surface area contributed by atoms with Crippen LogP contribution >= 0.6 is 0 Å². The van der Waals surface area contributed by atoms with Crippen LogP contribution in [-0.4, -0.2) is 14.4 Å². The Hall–Kier alpha value is -2.80. The number of fused-ring (bicyclic) bond motifs is 1. The van der Waals surface area contributed by atoms with Crippen LogP contribution in [0.3, 0.4) is 0 Å². The summed E-state index contributed by atoms with van der Waals surface area (Å²) in [5, 5.41) is 1.54. The van der Waals surface area contributed by atoms with Gasteiger partial charge in [0.2, 0.25) is 0 Å². The van der Waals surface area contributed by atoms with Gasteiger partial charge in [0.15, 0.2) is 0 Å². The molecule has 7 heteroatoms. The van der Waals surface area contributed by atoms with E-state index in [2.05, 4.69) is 32.7 Å². The van der Waals surface area contributed by atoms with Gasteiger partial charge >= 0.3 is 0 Å². The van der Waals surface area contributed by atoms with Gasteiger partial charge in [-0.05, 0) is 30.4 Å². The molecule has 1 saturated carbocycles. The topological polar surface area (TPSA) is 111 Å². The molecule has 3 aromatic rings. The minimum absolute atomic E-state index is 0.383. The molecule has 1 aliphatic carbocycles.